The Kier molecular flexibility index (Phi) is 3.00. The molecule has 0 saturated carbocycles. The smallest absolute Gasteiger partial charge is 0.0892 e. The molecule has 0 radical (unpaired) electrons. The molecule has 1 aliphatic rings. The van der Waals surface area contributed by atoms with E-state index in [2.05, 4.69) is 52.4 Å². The van der Waals surface area contributed by atoms with Crippen LogP contribution in [0.1, 0.15) is 23.1 Å². The third kappa shape index (κ3) is 2.45. The molecule has 0 atom stereocenters. The van der Waals surface area contributed by atoms with E-state index in [1.165, 1.54) is 22.3 Å². The lowest BCUT2D eigenvalue weighted by atomic mass is 9.87. The first kappa shape index (κ1) is 12.3. The summed E-state index contributed by atoms with van der Waals surface area (Å²) in [6, 6.07) is 15.1. The lowest BCUT2D eigenvalue weighted by Crippen LogP contribution is -2.04. The molecule has 2 nitrogen and oxygen atoms in total. The van der Waals surface area contributed by atoms with Gasteiger partial charge in [0.25, 0.3) is 0 Å². The molecule has 1 heterocycles. The molecule has 0 amide bonds. The molecule has 0 saturated heterocycles. The van der Waals surface area contributed by atoms with E-state index in [9.17, 15) is 0 Å². The maximum Gasteiger partial charge on any atom is 0.0892 e. The summed E-state index contributed by atoms with van der Waals surface area (Å²) in [6.07, 6.45) is 9.15. The molecule has 0 unspecified atom stereocenters. The van der Waals surface area contributed by atoms with Crippen molar-refractivity contribution in [2.24, 2.45) is 0 Å². The Morgan fingerprint density at radius 1 is 0.810 bits per heavy atom. The molecule has 0 N–H and O–H groups in total. The minimum atomic E-state index is 0.952. The zero-order valence-electron chi connectivity index (χ0n) is 11.8. The molecular formula is C19H16N2. The average molecular weight is 272 g/mol. The minimum Gasteiger partial charge on any atom is -0.253 e. The normalized spacial score (nSPS) is 16.1. The van der Waals surface area contributed by atoms with Crippen molar-refractivity contribution in [3.8, 4) is 0 Å². The van der Waals surface area contributed by atoms with Gasteiger partial charge >= 0.3 is 0 Å². The Morgan fingerprint density at radius 2 is 1.62 bits per heavy atom. The number of aryl methyl sites for hydroxylation is 1. The SMILES string of the molecule is C(=C1CCc2ccccc2C1)c1ccc2nccnc2c1. The quantitative estimate of drug-likeness (QED) is 0.663. The van der Waals surface area contributed by atoms with E-state index in [1.54, 1.807) is 12.4 Å². The summed E-state index contributed by atoms with van der Waals surface area (Å²) < 4.78 is 0. The molecule has 3 aromatic rings. The highest BCUT2D eigenvalue weighted by Crippen LogP contribution is 2.26. The number of hydrogen-bond donors (Lipinski definition) is 0. The number of benzene rings is 2. The van der Waals surface area contributed by atoms with Crippen LogP contribution in [0.5, 0.6) is 0 Å². The van der Waals surface area contributed by atoms with Gasteiger partial charge in [-0.15, -0.1) is 0 Å². The van der Waals surface area contributed by atoms with Crippen LogP contribution < -0.4 is 0 Å². The summed E-state index contributed by atoms with van der Waals surface area (Å²) >= 11 is 0. The van der Waals surface area contributed by atoms with E-state index in [0.717, 1.165) is 30.3 Å². The van der Waals surface area contributed by atoms with Gasteiger partial charge in [-0.1, -0.05) is 42.0 Å². The molecule has 102 valence electrons. The van der Waals surface area contributed by atoms with Crippen molar-refractivity contribution in [1.82, 2.24) is 9.97 Å². The Morgan fingerprint density at radius 3 is 2.52 bits per heavy atom. The van der Waals surface area contributed by atoms with Gasteiger partial charge in [-0.2, -0.15) is 0 Å². The summed E-state index contributed by atoms with van der Waals surface area (Å²) in [5.74, 6) is 0. The molecule has 4 rings (SSSR count). The summed E-state index contributed by atoms with van der Waals surface area (Å²) in [5, 5.41) is 0. The lowest BCUT2D eigenvalue weighted by molar-refractivity contribution is 0.843. The number of nitrogens with zero attached hydrogens (tertiary/aromatic N) is 2. The van der Waals surface area contributed by atoms with Crippen molar-refractivity contribution in [2.75, 3.05) is 0 Å². The van der Waals surface area contributed by atoms with Crippen LogP contribution >= 0.6 is 0 Å². The highest BCUT2D eigenvalue weighted by atomic mass is 14.8. The number of fused-ring (bicyclic) bond motifs is 2. The van der Waals surface area contributed by atoms with Gasteiger partial charge in [-0.05, 0) is 48.1 Å². The predicted octanol–water partition coefficient (Wildman–Crippen LogP) is 4.20. The first-order valence-corrected chi connectivity index (χ1v) is 7.35. The van der Waals surface area contributed by atoms with Crippen LogP contribution in [-0.2, 0) is 12.8 Å². The average Bonchev–Trinajstić information content (AvgIpc) is 2.55. The van der Waals surface area contributed by atoms with Gasteiger partial charge in [-0.3, -0.25) is 9.97 Å². The fourth-order valence-electron chi connectivity index (χ4n) is 3.03. The molecule has 2 aromatic carbocycles. The summed E-state index contributed by atoms with van der Waals surface area (Å²) in [4.78, 5) is 8.69. The van der Waals surface area contributed by atoms with Gasteiger partial charge in [0.05, 0.1) is 11.0 Å². The van der Waals surface area contributed by atoms with Gasteiger partial charge in [0, 0.05) is 12.4 Å². The summed E-state index contributed by atoms with van der Waals surface area (Å²) in [7, 11) is 0. The first-order chi connectivity index (χ1) is 10.4. The van der Waals surface area contributed by atoms with E-state index in [1.807, 2.05) is 6.07 Å². The number of aromatic nitrogens is 2. The third-order valence-electron chi connectivity index (χ3n) is 4.12. The van der Waals surface area contributed by atoms with Crippen LogP contribution in [0, 0.1) is 0 Å². The molecule has 1 aromatic heterocycles. The molecule has 21 heavy (non-hydrogen) atoms. The second-order valence-corrected chi connectivity index (χ2v) is 5.55. The van der Waals surface area contributed by atoms with Gasteiger partial charge in [0.2, 0.25) is 0 Å². The Bertz CT molecular complexity index is 834. The fourth-order valence-corrected chi connectivity index (χ4v) is 3.03. The van der Waals surface area contributed by atoms with E-state index < -0.39 is 0 Å². The highest BCUT2D eigenvalue weighted by Gasteiger charge is 2.12. The number of allylic oxidation sites excluding steroid dienone is 1. The van der Waals surface area contributed by atoms with Crippen LogP contribution in [0.25, 0.3) is 17.1 Å². The topological polar surface area (TPSA) is 25.8 Å². The lowest BCUT2D eigenvalue weighted by Gasteiger charge is -2.18. The zero-order valence-corrected chi connectivity index (χ0v) is 11.8. The summed E-state index contributed by atoms with van der Waals surface area (Å²) in [6.45, 7) is 0. The number of hydrogen-bond acceptors (Lipinski definition) is 2. The maximum atomic E-state index is 4.38. The van der Waals surface area contributed by atoms with Crippen LogP contribution in [0.3, 0.4) is 0 Å². The van der Waals surface area contributed by atoms with Crippen molar-refractivity contribution in [2.45, 2.75) is 19.3 Å². The maximum absolute atomic E-state index is 4.38. The third-order valence-corrected chi connectivity index (χ3v) is 4.12. The van der Waals surface area contributed by atoms with E-state index in [0.29, 0.717) is 0 Å². The van der Waals surface area contributed by atoms with Gasteiger partial charge in [0.15, 0.2) is 0 Å². The number of rotatable bonds is 1. The molecule has 0 fully saturated rings. The van der Waals surface area contributed by atoms with E-state index >= 15 is 0 Å². The standard InChI is InChI=1S/C19H16N2/c1-2-4-17-12-14(5-7-16(17)3-1)11-15-6-8-18-19(13-15)21-10-9-20-18/h1-4,6,8-11,13H,5,7,12H2. The largest absolute Gasteiger partial charge is 0.253 e. The minimum absolute atomic E-state index is 0.952. The Balaban J connectivity index is 1.68. The highest BCUT2D eigenvalue weighted by molar-refractivity contribution is 5.77. The van der Waals surface area contributed by atoms with Crippen molar-refractivity contribution in [3.05, 3.63) is 77.1 Å². The van der Waals surface area contributed by atoms with Crippen molar-refractivity contribution < 1.29 is 0 Å². The van der Waals surface area contributed by atoms with Crippen LogP contribution in [0.2, 0.25) is 0 Å². The molecular weight excluding hydrogens is 256 g/mol. The molecule has 1 aliphatic carbocycles. The second kappa shape index (κ2) is 5.13. The zero-order chi connectivity index (χ0) is 14.1. The first-order valence-electron chi connectivity index (χ1n) is 7.35. The van der Waals surface area contributed by atoms with Gasteiger partial charge in [-0.25, -0.2) is 0 Å². The molecule has 0 aliphatic heterocycles. The monoisotopic (exact) mass is 272 g/mol. The van der Waals surface area contributed by atoms with Crippen LogP contribution in [0.15, 0.2) is 60.4 Å². The van der Waals surface area contributed by atoms with Crippen LogP contribution in [0.4, 0.5) is 0 Å². The van der Waals surface area contributed by atoms with E-state index in [-0.39, 0.29) is 0 Å². The van der Waals surface area contributed by atoms with Crippen molar-refractivity contribution >= 4 is 17.1 Å². The van der Waals surface area contributed by atoms with Crippen molar-refractivity contribution in [3.63, 3.8) is 0 Å². The molecule has 0 bridgehead atoms. The Labute approximate surface area is 124 Å². The Hall–Kier alpha value is -2.48. The fraction of sp³-hybridized carbons (Fsp3) is 0.158. The predicted molar refractivity (Wildman–Crippen MR) is 86.0 cm³/mol. The van der Waals surface area contributed by atoms with Gasteiger partial charge < -0.3 is 0 Å². The van der Waals surface area contributed by atoms with Gasteiger partial charge in [0.1, 0.15) is 0 Å². The molecule has 2 heteroatoms. The van der Waals surface area contributed by atoms with Crippen LogP contribution in [-0.4, -0.2) is 9.97 Å². The van der Waals surface area contributed by atoms with E-state index in [4.69, 9.17) is 0 Å². The summed E-state index contributed by atoms with van der Waals surface area (Å²) in [5.41, 5.74) is 7.60. The van der Waals surface area contributed by atoms with Crippen molar-refractivity contribution in [1.29, 1.82) is 0 Å². The molecule has 0 spiro atoms. The second-order valence-electron chi connectivity index (χ2n) is 5.55.